The topological polar surface area (TPSA) is 49.8 Å². The van der Waals surface area contributed by atoms with Crippen LogP contribution in [0.4, 0.5) is 0 Å². The number of hydroxylamine groups is 2. The summed E-state index contributed by atoms with van der Waals surface area (Å²) >= 11 is 5.73. The number of halogens is 1. The van der Waals surface area contributed by atoms with Crippen LogP contribution < -0.4 is 0 Å². The van der Waals surface area contributed by atoms with Crippen LogP contribution in [0, 0.1) is 0 Å². The number of amides is 1. The number of benzene rings is 1. The summed E-state index contributed by atoms with van der Waals surface area (Å²) in [4.78, 5) is 16.5. The first kappa shape index (κ1) is 10.4. The SMILES string of the molecule is CN1O[C@H](c2ccc(Cl)cc2)[C@@H](O)C1=O. The number of hydrogen-bond acceptors (Lipinski definition) is 3. The van der Waals surface area contributed by atoms with E-state index < -0.39 is 18.1 Å². The second-order valence-corrected chi connectivity index (χ2v) is 3.79. The van der Waals surface area contributed by atoms with Gasteiger partial charge in [0.15, 0.2) is 6.10 Å². The van der Waals surface area contributed by atoms with Gasteiger partial charge in [0, 0.05) is 12.1 Å². The molecule has 0 spiro atoms. The van der Waals surface area contributed by atoms with E-state index in [1.165, 1.54) is 7.05 Å². The first-order chi connectivity index (χ1) is 7.09. The van der Waals surface area contributed by atoms with Crippen molar-refractivity contribution in [3.63, 3.8) is 0 Å². The highest BCUT2D eigenvalue weighted by Gasteiger charge is 2.39. The van der Waals surface area contributed by atoms with Crippen molar-refractivity contribution in [2.24, 2.45) is 0 Å². The first-order valence-electron chi connectivity index (χ1n) is 4.47. The van der Waals surface area contributed by atoms with E-state index in [0.29, 0.717) is 5.02 Å². The maximum Gasteiger partial charge on any atom is 0.277 e. The van der Waals surface area contributed by atoms with Gasteiger partial charge in [-0.25, -0.2) is 5.06 Å². The summed E-state index contributed by atoms with van der Waals surface area (Å²) < 4.78 is 0. The molecule has 1 heterocycles. The Labute approximate surface area is 92.0 Å². The van der Waals surface area contributed by atoms with Crippen molar-refractivity contribution in [2.75, 3.05) is 7.05 Å². The average molecular weight is 228 g/mol. The normalized spacial score (nSPS) is 26.1. The Kier molecular flexibility index (Phi) is 2.65. The van der Waals surface area contributed by atoms with Crippen LogP contribution in [-0.4, -0.2) is 29.2 Å². The highest BCUT2D eigenvalue weighted by molar-refractivity contribution is 6.30. The van der Waals surface area contributed by atoms with E-state index >= 15 is 0 Å². The number of likely N-dealkylation sites (N-methyl/N-ethyl adjacent to an activating group) is 1. The molecule has 0 bridgehead atoms. The number of carbonyl (C=O) groups is 1. The number of aliphatic hydroxyl groups excluding tert-OH is 1. The lowest BCUT2D eigenvalue weighted by Crippen LogP contribution is -2.25. The molecule has 0 unspecified atom stereocenters. The molecule has 1 fully saturated rings. The van der Waals surface area contributed by atoms with Crippen molar-refractivity contribution in [1.29, 1.82) is 0 Å². The Hall–Kier alpha value is -1.10. The summed E-state index contributed by atoms with van der Waals surface area (Å²) in [5.74, 6) is -0.435. The monoisotopic (exact) mass is 227 g/mol. The molecule has 1 aliphatic heterocycles. The van der Waals surface area contributed by atoms with Gasteiger partial charge in [-0.2, -0.15) is 0 Å². The quantitative estimate of drug-likeness (QED) is 0.783. The molecule has 1 aromatic carbocycles. The van der Waals surface area contributed by atoms with Gasteiger partial charge in [0.05, 0.1) is 0 Å². The van der Waals surface area contributed by atoms with Crippen molar-refractivity contribution < 1.29 is 14.7 Å². The van der Waals surface area contributed by atoms with Gasteiger partial charge in [0.2, 0.25) is 0 Å². The number of carbonyl (C=O) groups excluding carboxylic acids is 1. The average Bonchev–Trinajstić information content (AvgIpc) is 2.47. The molecule has 2 atom stereocenters. The summed E-state index contributed by atoms with van der Waals surface area (Å²) in [6.45, 7) is 0. The van der Waals surface area contributed by atoms with Gasteiger partial charge in [-0.05, 0) is 17.7 Å². The number of rotatable bonds is 1. The summed E-state index contributed by atoms with van der Waals surface area (Å²) in [5.41, 5.74) is 0.726. The zero-order valence-electron chi connectivity index (χ0n) is 8.05. The lowest BCUT2D eigenvalue weighted by Gasteiger charge is -2.11. The number of hydrogen-bond donors (Lipinski definition) is 1. The molecular formula is C10H10ClNO3. The summed E-state index contributed by atoms with van der Waals surface area (Å²) in [5, 5.41) is 11.2. The van der Waals surface area contributed by atoms with Gasteiger partial charge in [-0.1, -0.05) is 23.7 Å². The molecule has 5 heteroatoms. The van der Waals surface area contributed by atoms with Crippen molar-refractivity contribution in [3.8, 4) is 0 Å². The van der Waals surface area contributed by atoms with Crippen LogP contribution >= 0.6 is 11.6 Å². The molecule has 2 rings (SSSR count). The third-order valence-corrected chi connectivity index (χ3v) is 2.57. The molecule has 0 aromatic heterocycles. The van der Waals surface area contributed by atoms with E-state index in [1.54, 1.807) is 24.3 Å². The van der Waals surface area contributed by atoms with Crippen molar-refractivity contribution in [2.45, 2.75) is 12.2 Å². The molecule has 1 amide bonds. The minimum absolute atomic E-state index is 0.435. The van der Waals surface area contributed by atoms with Crippen LogP contribution in [0.2, 0.25) is 5.02 Å². The van der Waals surface area contributed by atoms with E-state index in [2.05, 4.69) is 0 Å². The maximum absolute atomic E-state index is 11.3. The largest absolute Gasteiger partial charge is 0.380 e. The molecule has 15 heavy (non-hydrogen) atoms. The second kappa shape index (κ2) is 3.81. The molecule has 1 N–H and O–H groups in total. The van der Waals surface area contributed by atoms with Crippen LogP contribution in [0.5, 0.6) is 0 Å². The molecule has 0 radical (unpaired) electrons. The molecular weight excluding hydrogens is 218 g/mol. The third-order valence-electron chi connectivity index (χ3n) is 2.32. The minimum Gasteiger partial charge on any atom is -0.380 e. The third kappa shape index (κ3) is 1.84. The number of nitrogens with zero attached hydrogens (tertiary/aromatic N) is 1. The molecule has 1 saturated heterocycles. The highest BCUT2D eigenvalue weighted by atomic mass is 35.5. The number of aliphatic hydroxyl groups is 1. The molecule has 1 aliphatic rings. The smallest absolute Gasteiger partial charge is 0.277 e. The lowest BCUT2D eigenvalue weighted by molar-refractivity contribution is -0.164. The minimum atomic E-state index is -1.14. The van der Waals surface area contributed by atoms with Crippen LogP contribution in [0.15, 0.2) is 24.3 Å². The summed E-state index contributed by atoms with van der Waals surface area (Å²) in [7, 11) is 1.47. The predicted octanol–water partition coefficient (Wildman–Crippen LogP) is 1.15. The Bertz CT molecular complexity index is 379. The van der Waals surface area contributed by atoms with E-state index in [9.17, 15) is 9.90 Å². The molecule has 0 saturated carbocycles. The maximum atomic E-state index is 11.3. The van der Waals surface area contributed by atoms with E-state index in [1.807, 2.05) is 0 Å². The fourth-order valence-corrected chi connectivity index (χ4v) is 1.62. The zero-order chi connectivity index (χ0) is 11.0. The second-order valence-electron chi connectivity index (χ2n) is 3.36. The Morgan fingerprint density at radius 1 is 1.40 bits per heavy atom. The van der Waals surface area contributed by atoms with Gasteiger partial charge < -0.3 is 5.11 Å². The summed E-state index contributed by atoms with van der Waals surface area (Å²) in [6.07, 6.45) is -1.78. The van der Waals surface area contributed by atoms with Gasteiger partial charge >= 0.3 is 0 Å². The van der Waals surface area contributed by atoms with Gasteiger partial charge in [0.1, 0.15) is 6.10 Å². The van der Waals surface area contributed by atoms with Gasteiger partial charge in [-0.15, -0.1) is 0 Å². The van der Waals surface area contributed by atoms with Crippen LogP contribution in [-0.2, 0) is 9.63 Å². The molecule has 1 aromatic rings. The predicted molar refractivity (Wildman–Crippen MR) is 54.1 cm³/mol. The van der Waals surface area contributed by atoms with Crippen LogP contribution in [0.1, 0.15) is 11.7 Å². The van der Waals surface area contributed by atoms with E-state index in [-0.39, 0.29) is 0 Å². The fraction of sp³-hybridized carbons (Fsp3) is 0.300. The van der Waals surface area contributed by atoms with Crippen molar-refractivity contribution >= 4 is 17.5 Å². The fourth-order valence-electron chi connectivity index (χ4n) is 1.49. The highest BCUT2D eigenvalue weighted by Crippen LogP contribution is 2.29. The lowest BCUT2D eigenvalue weighted by atomic mass is 10.1. The van der Waals surface area contributed by atoms with E-state index in [0.717, 1.165) is 10.6 Å². The Balaban J connectivity index is 2.25. The van der Waals surface area contributed by atoms with Gasteiger partial charge in [-0.3, -0.25) is 9.63 Å². The van der Waals surface area contributed by atoms with Crippen molar-refractivity contribution in [3.05, 3.63) is 34.9 Å². The van der Waals surface area contributed by atoms with Crippen molar-refractivity contribution in [1.82, 2.24) is 5.06 Å². The summed E-state index contributed by atoms with van der Waals surface area (Å²) in [6, 6.07) is 6.83. The first-order valence-corrected chi connectivity index (χ1v) is 4.85. The molecule has 80 valence electrons. The van der Waals surface area contributed by atoms with Gasteiger partial charge in [0.25, 0.3) is 5.91 Å². The Morgan fingerprint density at radius 2 is 2.00 bits per heavy atom. The van der Waals surface area contributed by atoms with Crippen LogP contribution in [0.3, 0.4) is 0 Å². The Morgan fingerprint density at radius 3 is 2.47 bits per heavy atom. The standard InChI is InChI=1S/C10H10ClNO3/c1-12-10(14)8(13)9(15-12)6-2-4-7(11)5-3-6/h2-5,8-9,13H,1H3/t8-,9-/m1/s1. The molecule has 4 nitrogen and oxygen atoms in total. The van der Waals surface area contributed by atoms with Crippen LogP contribution in [0.25, 0.3) is 0 Å². The zero-order valence-corrected chi connectivity index (χ0v) is 8.81. The molecule has 0 aliphatic carbocycles. The van der Waals surface area contributed by atoms with E-state index in [4.69, 9.17) is 16.4 Å².